The Morgan fingerprint density at radius 2 is 1.92 bits per heavy atom. The highest BCUT2D eigenvalue weighted by Gasteiger charge is 2.14. The topological polar surface area (TPSA) is 64.5 Å². The summed E-state index contributed by atoms with van der Waals surface area (Å²) in [6.07, 6.45) is 3.30. The molecule has 1 aromatic carbocycles. The third-order valence-corrected chi connectivity index (χ3v) is 4.39. The summed E-state index contributed by atoms with van der Waals surface area (Å²) in [7, 11) is 0. The molecule has 1 fully saturated rings. The summed E-state index contributed by atoms with van der Waals surface area (Å²) >= 11 is 0. The fourth-order valence-corrected chi connectivity index (χ4v) is 3.00. The van der Waals surface area contributed by atoms with Crippen molar-refractivity contribution in [3.63, 3.8) is 0 Å². The van der Waals surface area contributed by atoms with E-state index in [0.717, 1.165) is 35.4 Å². The Kier molecular flexibility index (Phi) is 4.75. The number of hydrogen-bond donors (Lipinski definition) is 0. The van der Waals surface area contributed by atoms with Crippen molar-refractivity contribution in [1.29, 1.82) is 0 Å². The molecule has 6 nitrogen and oxygen atoms in total. The predicted molar refractivity (Wildman–Crippen MR) is 98.1 cm³/mol. The van der Waals surface area contributed by atoms with Crippen molar-refractivity contribution in [3.8, 4) is 0 Å². The number of aromatic nitrogens is 2. The standard InChI is InChI=1S/C20H19N3O3/c24-20(16-6-7-18(22-13-16)23-9-11-25-12-10-23)26-14-17-4-1-3-15-5-2-8-21-19(15)17/h1-8,13H,9-12,14H2. The summed E-state index contributed by atoms with van der Waals surface area (Å²) in [5, 5.41) is 1.03. The third kappa shape index (κ3) is 3.50. The summed E-state index contributed by atoms with van der Waals surface area (Å²) in [5.41, 5.74) is 2.17. The molecule has 6 heteroatoms. The van der Waals surface area contributed by atoms with Gasteiger partial charge in [0.25, 0.3) is 0 Å². The first-order valence-corrected chi connectivity index (χ1v) is 8.60. The van der Waals surface area contributed by atoms with Crippen LogP contribution in [0, 0.1) is 0 Å². The van der Waals surface area contributed by atoms with E-state index < -0.39 is 0 Å². The average molecular weight is 349 g/mol. The molecule has 0 bridgehead atoms. The number of morpholine rings is 1. The largest absolute Gasteiger partial charge is 0.457 e. The molecule has 0 amide bonds. The van der Waals surface area contributed by atoms with Crippen LogP contribution in [0.5, 0.6) is 0 Å². The van der Waals surface area contributed by atoms with E-state index in [0.29, 0.717) is 18.8 Å². The Balaban J connectivity index is 1.43. The second kappa shape index (κ2) is 7.49. The highest BCUT2D eigenvalue weighted by atomic mass is 16.5. The van der Waals surface area contributed by atoms with Gasteiger partial charge in [-0.3, -0.25) is 4.98 Å². The minimum absolute atomic E-state index is 0.179. The summed E-state index contributed by atoms with van der Waals surface area (Å²) in [6.45, 7) is 3.20. The molecule has 3 aromatic rings. The summed E-state index contributed by atoms with van der Waals surface area (Å²) in [5.74, 6) is 0.460. The minimum atomic E-state index is -0.390. The van der Waals surface area contributed by atoms with E-state index in [2.05, 4.69) is 14.9 Å². The van der Waals surface area contributed by atoms with Crippen molar-refractivity contribution in [3.05, 3.63) is 66.0 Å². The highest BCUT2D eigenvalue weighted by Crippen LogP contribution is 2.18. The van der Waals surface area contributed by atoms with E-state index in [1.54, 1.807) is 18.5 Å². The first-order chi connectivity index (χ1) is 12.8. The minimum Gasteiger partial charge on any atom is -0.457 e. The molecule has 4 rings (SSSR count). The molecule has 2 aromatic heterocycles. The van der Waals surface area contributed by atoms with E-state index in [-0.39, 0.29) is 12.6 Å². The van der Waals surface area contributed by atoms with Crippen molar-refractivity contribution < 1.29 is 14.3 Å². The molecule has 0 spiro atoms. The van der Waals surface area contributed by atoms with Gasteiger partial charge in [0.2, 0.25) is 0 Å². The number of pyridine rings is 2. The van der Waals surface area contributed by atoms with Gasteiger partial charge in [0.1, 0.15) is 12.4 Å². The van der Waals surface area contributed by atoms with Crippen LogP contribution in [0.4, 0.5) is 5.82 Å². The second-order valence-corrected chi connectivity index (χ2v) is 6.07. The molecule has 1 aliphatic heterocycles. The van der Waals surface area contributed by atoms with Crippen molar-refractivity contribution in [2.24, 2.45) is 0 Å². The number of para-hydroxylation sites is 1. The summed E-state index contributed by atoms with van der Waals surface area (Å²) in [6, 6.07) is 13.3. The lowest BCUT2D eigenvalue weighted by molar-refractivity contribution is 0.0473. The Hall–Kier alpha value is -2.99. The molecule has 26 heavy (non-hydrogen) atoms. The summed E-state index contributed by atoms with van der Waals surface area (Å²) < 4.78 is 10.8. The molecule has 0 atom stereocenters. The van der Waals surface area contributed by atoms with E-state index in [4.69, 9.17) is 9.47 Å². The van der Waals surface area contributed by atoms with Gasteiger partial charge in [-0.1, -0.05) is 24.3 Å². The second-order valence-electron chi connectivity index (χ2n) is 6.07. The van der Waals surface area contributed by atoms with Crippen LogP contribution in [0.15, 0.2) is 54.9 Å². The van der Waals surface area contributed by atoms with Crippen LogP contribution in [0.1, 0.15) is 15.9 Å². The van der Waals surface area contributed by atoms with Crippen LogP contribution >= 0.6 is 0 Å². The molecule has 0 N–H and O–H groups in total. The van der Waals surface area contributed by atoms with Crippen LogP contribution in [0.2, 0.25) is 0 Å². The Morgan fingerprint density at radius 1 is 1.08 bits per heavy atom. The fourth-order valence-electron chi connectivity index (χ4n) is 3.00. The van der Waals surface area contributed by atoms with E-state index in [1.165, 1.54) is 0 Å². The van der Waals surface area contributed by atoms with Crippen LogP contribution in [-0.4, -0.2) is 42.2 Å². The first-order valence-electron chi connectivity index (χ1n) is 8.60. The summed E-state index contributed by atoms with van der Waals surface area (Å²) in [4.78, 5) is 23.2. The number of fused-ring (bicyclic) bond motifs is 1. The van der Waals surface area contributed by atoms with Crippen molar-refractivity contribution >= 4 is 22.7 Å². The predicted octanol–water partition coefficient (Wildman–Crippen LogP) is 2.82. The Labute approximate surface area is 151 Å². The molecular weight excluding hydrogens is 330 g/mol. The maximum absolute atomic E-state index is 12.3. The van der Waals surface area contributed by atoms with Gasteiger partial charge in [-0.05, 0) is 18.2 Å². The lowest BCUT2D eigenvalue weighted by Crippen LogP contribution is -2.36. The van der Waals surface area contributed by atoms with Crippen molar-refractivity contribution in [1.82, 2.24) is 9.97 Å². The number of hydrogen-bond acceptors (Lipinski definition) is 6. The molecule has 1 aliphatic rings. The number of anilines is 1. The van der Waals surface area contributed by atoms with Gasteiger partial charge in [-0.25, -0.2) is 9.78 Å². The maximum atomic E-state index is 12.3. The highest BCUT2D eigenvalue weighted by molar-refractivity contribution is 5.89. The number of benzene rings is 1. The molecule has 0 aliphatic carbocycles. The number of esters is 1. The first kappa shape index (κ1) is 16.5. The molecule has 132 valence electrons. The monoisotopic (exact) mass is 349 g/mol. The molecule has 0 radical (unpaired) electrons. The smallest absolute Gasteiger partial charge is 0.340 e. The molecular formula is C20H19N3O3. The fraction of sp³-hybridized carbons (Fsp3) is 0.250. The van der Waals surface area contributed by atoms with Crippen LogP contribution < -0.4 is 4.90 Å². The van der Waals surface area contributed by atoms with Crippen molar-refractivity contribution in [2.75, 3.05) is 31.2 Å². The molecule has 1 saturated heterocycles. The van der Waals surface area contributed by atoms with Gasteiger partial charge >= 0.3 is 5.97 Å². The Bertz CT molecular complexity index is 900. The van der Waals surface area contributed by atoms with E-state index in [1.807, 2.05) is 36.4 Å². The zero-order chi connectivity index (χ0) is 17.8. The molecule has 3 heterocycles. The third-order valence-electron chi connectivity index (χ3n) is 4.39. The van der Waals surface area contributed by atoms with Crippen LogP contribution in [0.25, 0.3) is 10.9 Å². The zero-order valence-corrected chi connectivity index (χ0v) is 14.3. The number of carbonyl (C=O) groups excluding carboxylic acids is 1. The number of nitrogens with zero attached hydrogens (tertiary/aromatic N) is 3. The van der Waals surface area contributed by atoms with Crippen LogP contribution in [-0.2, 0) is 16.1 Å². The van der Waals surface area contributed by atoms with Gasteiger partial charge in [0.15, 0.2) is 0 Å². The van der Waals surface area contributed by atoms with Gasteiger partial charge in [0.05, 0.1) is 24.3 Å². The van der Waals surface area contributed by atoms with Crippen molar-refractivity contribution in [2.45, 2.75) is 6.61 Å². The number of carbonyl (C=O) groups is 1. The number of ether oxygens (including phenoxy) is 2. The lowest BCUT2D eigenvalue weighted by Gasteiger charge is -2.27. The zero-order valence-electron chi connectivity index (χ0n) is 14.3. The normalized spacial score (nSPS) is 14.4. The number of rotatable bonds is 4. The lowest BCUT2D eigenvalue weighted by atomic mass is 10.1. The maximum Gasteiger partial charge on any atom is 0.340 e. The molecule has 0 saturated carbocycles. The van der Waals surface area contributed by atoms with Gasteiger partial charge in [0, 0.05) is 36.4 Å². The Morgan fingerprint density at radius 3 is 2.73 bits per heavy atom. The van der Waals surface area contributed by atoms with Crippen LogP contribution in [0.3, 0.4) is 0 Å². The van der Waals surface area contributed by atoms with E-state index >= 15 is 0 Å². The SMILES string of the molecule is O=C(OCc1cccc2cccnc12)c1ccc(N2CCOCC2)nc1. The van der Waals surface area contributed by atoms with Gasteiger partial charge in [-0.15, -0.1) is 0 Å². The van der Waals surface area contributed by atoms with E-state index in [9.17, 15) is 4.79 Å². The average Bonchev–Trinajstić information content (AvgIpc) is 2.73. The van der Waals surface area contributed by atoms with Gasteiger partial charge in [-0.2, -0.15) is 0 Å². The quantitative estimate of drug-likeness (QED) is 0.675. The molecule has 0 unspecified atom stereocenters. The van der Waals surface area contributed by atoms with Gasteiger partial charge < -0.3 is 14.4 Å².